The van der Waals surface area contributed by atoms with Gasteiger partial charge in [-0.25, -0.2) is 9.97 Å². The Bertz CT molecular complexity index is 2710. The first-order valence-electron chi connectivity index (χ1n) is 22.2. The van der Waals surface area contributed by atoms with Gasteiger partial charge in [-0.3, -0.25) is 9.59 Å². The number of aliphatic hydroxyl groups is 2. The molecule has 0 bridgehead atoms. The highest BCUT2D eigenvalue weighted by atomic mass is 35.5. The van der Waals surface area contributed by atoms with Crippen molar-refractivity contribution < 1.29 is 49.0 Å². The number of aliphatic hydroxyl groups excluding tert-OH is 2. The lowest BCUT2D eigenvalue weighted by atomic mass is 9.92. The summed E-state index contributed by atoms with van der Waals surface area (Å²) >= 11 is 13.6. The molecule has 0 aliphatic heterocycles. The van der Waals surface area contributed by atoms with E-state index >= 15 is 0 Å². The first-order chi connectivity index (χ1) is 33.7. The minimum absolute atomic E-state index is 0.0241. The summed E-state index contributed by atoms with van der Waals surface area (Å²) in [5, 5.41) is 60.7. The Hall–Kier alpha value is -7.24. The van der Waals surface area contributed by atoms with Crippen molar-refractivity contribution in [1.29, 1.82) is 10.5 Å². The molecule has 70 heavy (non-hydrogen) atoms. The van der Waals surface area contributed by atoms with Gasteiger partial charge in [0.25, 0.3) is 0 Å². The average molecular weight is 989 g/mol. The average Bonchev–Trinajstić information content (AvgIpc) is 3.33. The summed E-state index contributed by atoms with van der Waals surface area (Å²) in [5.74, 6) is -0.516. The van der Waals surface area contributed by atoms with E-state index < -0.39 is 30.6 Å². The van der Waals surface area contributed by atoms with Gasteiger partial charge in [-0.1, -0.05) is 59.6 Å². The van der Waals surface area contributed by atoms with Crippen LogP contribution in [0.5, 0.6) is 23.0 Å². The van der Waals surface area contributed by atoms with Gasteiger partial charge in [-0.05, 0) is 120 Å². The fourth-order valence-electron chi connectivity index (χ4n) is 7.60. The summed E-state index contributed by atoms with van der Waals surface area (Å²) in [5.41, 5.74) is 9.09. The molecule has 0 spiro atoms. The molecule has 4 aromatic carbocycles. The highest BCUT2D eigenvalue weighted by Crippen LogP contribution is 2.38. The molecule has 2 aromatic heterocycles. The lowest BCUT2D eigenvalue weighted by Gasteiger charge is -2.19. The molecule has 2 heterocycles. The number of nitrogens with zero attached hydrogens (tertiary/aromatic N) is 4. The normalized spacial score (nSPS) is 11.8. The number of pyridine rings is 2. The zero-order valence-electron chi connectivity index (χ0n) is 38.5. The Morgan fingerprint density at radius 3 is 1.60 bits per heavy atom. The second-order valence-corrected chi connectivity index (χ2v) is 17.3. The molecule has 0 unspecified atom stereocenters. The van der Waals surface area contributed by atoms with Crippen LogP contribution in [0.1, 0.15) is 81.6 Å². The highest BCUT2D eigenvalue weighted by molar-refractivity contribution is 6.32. The Morgan fingerprint density at radius 2 is 1.10 bits per heavy atom. The van der Waals surface area contributed by atoms with Crippen LogP contribution in [0.2, 0.25) is 10.0 Å². The van der Waals surface area contributed by atoms with Gasteiger partial charge >= 0.3 is 11.9 Å². The molecule has 0 radical (unpaired) electrons. The third kappa shape index (κ3) is 14.9. The predicted octanol–water partition coefficient (Wildman–Crippen LogP) is 9.21. The van der Waals surface area contributed by atoms with E-state index in [4.69, 9.17) is 52.4 Å². The van der Waals surface area contributed by atoms with Crippen LogP contribution in [0, 0.1) is 36.5 Å². The summed E-state index contributed by atoms with van der Waals surface area (Å²) in [7, 11) is 0. The van der Waals surface area contributed by atoms with Crippen LogP contribution < -0.4 is 24.3 Å². The van der Waals surface area contributed by atoms with Crippen molar-refractivity contribution in [3.8, 4) is 46.3 Å². The van der Waals surface area contributed by atoms with Crippen LogP contribution in [0.4, 0.5) is 0 Å². The van der Waals surface area contributed by atoms with Crippen molar-refractivity contribution in [3.63, 3.8) is 0 Å². The van der Waals surface area contributed by atoms with Crippen LogP contribution in [-0.4, -0.2) is 61.1 Å². The van der Waals surface area contributed by atoms with Crippen molar-refractivity contribution in [2.75, 3.05) is 6.54 Å². The number of halogens is 2. The number of nitrogens with one attached hydrogen (secondary N) is 1. The number of aliphatic carboxylic acids is 2. The van der Waals surface area contributed by atoms with E-state index in [1.54, 1.807) is 48.5 Å². The third-order valence-corrected chi connectivity index (χ3v) is 11.9. The molecular weight excluding hydrogens is 938 g/mol. The maximum atomic E-state index is 11.1. The van der Waals surface area contributed by atoms with E-state index in [9.17, 15) is 30.3 Å². The number of hydrogen-bond donors (Lipinski definition) is 5. The van der Waals surface area contributed by atoms with Crippen LogP contribution in [-0.2, 0) is 49.0 Å². The fraction of sp³-hybridized carbons (Fsp3) is 0.283. The second kappa shape index (κ2) is 25.4. The van der Waals surface area contributed by atoms with Crippen LogP contribution in [0.25, 0.3) is 11.1 Å². The number of nitriles is 2. The molecule has 0 aliphatic rings. The van der Waals surface area contributed by atoms with Gasteiger partial charge in [-0.2, -0.15) is 10.5 Å². The molecule has 362 valence electrons. The topological polar surface area (TPSA) is 237 Å². The van der Waals surface area contributed by atoms with Gasteiger partial charge in [0, 0.05) is 43.2 Å². The van der Waals surface area contributed by atoms with Gasteiger partial charge in [-0.15, -0.1) is 0 Å². The zero-order chi connectivity index (χ0) is 50.2. The van der Waals surface area contributed by atoms with Gasteiger partial charge in [0.2, 0.25) is 0 Å². The van der Waals surface area contributed by atoms with E-state index in [1.807, 2.05) is 62.4 Å². The lowest BCUT2D eigenvalue weighted by Crippen LogP contribution is -2.28. The Morgan fingerprint density at radius 1 is 0.629 bits per heavy atom. The Kier molecular flexibility index (Phi) is 18.9. The highest BCUT2D eigenvalue weighted by Gasteiger charge is 2.19. The van der Waals surface area contributed by atoms with E-state index in [2.05, 4.69) is 15.3 Å². The Labute approximate surface area is 415 Å². The molecule has 0 amide bonds. The summed E-state index contributed by atoms with van der Waals surface area (Å²) in [6.07, 6.45) is 1.43. The second-order valence-electron chi connectivity index (χ2n) is 16.5. The molecular formula is C53H51Cl2N5O10. The van der Waals surface area contributed by atoms with Crippen molar-refractivity contribution in [2.24, 2.45) is 0 Å². The number of carboxylic acid groups (broad SMARTS) is 2. The molecule has 17 heteroatoms. The van der Waals surface area contributed by atoms with Crippen molar-refractivity contribution >= 4 is 35.1 Å². The first kappa shape index (κ1) is 52.1. The van der Waals surface area contributed by atoms with Gasteiger partial charge in [0.15, 0.2) is 0 Å². The predicted molar refractivity (Wildman–Crippen MR) is 261 cm³/mol. The molecule has 6 rings (SSSR count). The number of ether oxygens (including phenoxy) is 4. The third-order valence-electron chi connectivity index (χ3n) is 11.3. The summed E-state index contributed by atoms with van der Waals surface area (Å²) in [4.78, 5) is 30.2. The largest absolute Gasteiger partial charge is 0.488 e. The molecule has 0 aliphatic carbocycles. The number of benzene rings is 4. The number of rotatable bonds is 25. The van der Waals surface area contributed by atoms with Crippen LogP contribution in [0.15, 0.2) is 97.3 Å². The number of aromatic nitrogens is 2. The van der Waals surface area contributed by atoms with Gasteiger partial charge in [0.05, 0.1) is 35.1 Å². The summed E-state index contributed by atoms with van der Waals surface area (Å²) < 4.78 is 25.2. The molecule has 15 nitrogen and oxygen atoms in total. The van der Waals surface area contributed by atoms with Crippen molar-refractivity contribution in [1.82, 2.24) is 15.3 Å². The minimum Gasteiger partial charge on any atom is -0.488 e. The fourth-order valence-corrected chi connectivity index (χ4v) is 8.08. The Balaban J connectivity index is 1.18. The van der Waals surface area contributed by atoms with Crippen LogP contribution in [0.3, 0.4) is 0 Å². The zero-order valence-corrected chi connectivity index (χ0v) is 40.0. The maximum absolute atomic E-state index is 11.1. The van der Waals surface area contributed by atoms with E-state index in [1.165, 1.54) is 12.4 Å². The van der Waals surface area contributed by atoms with Crippen molar-refractivity contribution in [3.05, 3.63) is 163 Å². The number of carbonyl (C=O) groups is 2. The minimum atomic E-state index is -1.11. The summed E-state index contributed by atoms with van der Waals surface area (Å²) in [6.45, 7) is 4.85. The lowest BCUT2D eigenvalue weighted by molar-refractivity contribution is -0.140. The smallest absolute Gasteiger partial charge is 0.306 e. The number of hydrogen-bond acceptors (Lipinski definition) is 13. The number of carboxylic acids is 2. The molecule has 0 fully saturated rings. The molecule has 0 saturated heterocycles. The van der Waals surface area contributed by atoms with Crippen LogP contribution >= 0.6 is 23.2 Å². The monoisotopic (exact) mass is 987 g/mol. The van der Waals surface area contributed by atoms with Crippen molar-refractivity contribution in [2.45, 2.75) is 91.1 Å². The standard InChI is InChI=1S/C53H51Cl2N5O10/c1-32-37(30-69-50-22-48(67-28-34-12-14-59-40(16-34)24-56)36(18-46(50)54)6-3-9-42(61)20-52(63)64)7-4-10-44(32)45-11-5-8-38(33(45)2)31-70-51-23-49(68-29-35-13-15-60-41(17-35)25-57)39(19-47(51)55)26-58-27-43(62)21-53(65)66/h4-5,7-8,10-19,22-23,42-43,58,61-62H,3,6,9,20-21,26-31H2,1-2H3,(H,63,64)(H,65,66)/t42-,43+/m1/s1. The summed E-state index contributed by atoms with van der Waals surface area (Å²) in [6, 6.07) is 29.6. The van der Waals surface area contributed by atoms with Gasteiger partial charge < -0.3 is 44.7 Å². The SMILES string of the molecule is Cc1c(COc2cc(OCc3ccnc(C#N)c3)c(CCC[C@@H](O)CC(=O)O)cc2Cl)cccc1-c1cccc(COc2cc(OCc3ccnc(C#N)c3)c(CNC[C@@H](O)CC(=O)O)cc2Cl)c1C. The molecule has 6 aromatic rings. The van der Waals surface area contributed by atoms with Gasteiger partial charge in [0.1, 0.15) is 73.0 Å². The molecule has 5 N–H and O–H groups in total. The quantitative estimate of drug-likeness (QED) is 0.0359. The molecule has 2 atom stereocenters. The molecule has 0 saturated carbocycles. The maximum Gasteiger partial charge on any atom is 0.306 e. The number of aryl methyl sites for hydroxylation is 1. The van der Waals surface area contributed by atoms with E-state index in [-0.39, 0.29) is 63.7 Å². The van der Waals surface area contributed by atoms with E-state index in [0.29, 0.717) is 57.0 Å². The van der Waals surface area contributed by atoms with E-state index in [0.717, 1.165) is 44.5 Å². The first-order valence-corrected chi connectivity index (χ1v) is 23.0.